The smallest absolute Gasteiger partial charge is 0.119 e. The Morgan fingerprint density at radius 2 is 1.90 bits per heavy atom. The SMILES string of the molecule is CCCc1ccccc1NCc1cc(OC)ccc1Br. The van der Waals surface area contributed by atoms with Gasteiger partial charge in [-0.15, -0.1) is 0 Å². The van der Waals surface area contributed by atoms with Crippen LogP contribution in [-0.2, 0) is 13.0 Å². The van der Waals surface area contributed by atoms with Crippen LogP contribution in [0, 0.1) is 0 Å². The van der Waals surface area contributed by atoms with Crippen LogP contribution in [0.5, 0.6) is 5.75 Å². The normalized spacial score (nSPS) is 10.3. The largest absolute Gasteiger partial charge is 0.497 e. The number of methoxy groups -OCH3 is 1. The average Bonchev–Trinajstić information content (AvgIpc) is 2.48. The van der Waals surface area contributed by atoms with E-state index in [1.165, 1.54) is 16.8 Å². The molecule has 0 fully saturated rings. The fourth-order valence-corrected chi connectivity index (χ4v) is 2.57. The monoisotopic (exact) mass is 333 g/mol. The van der Waals surface area contributed by atoms with E-state index in [2.05, 4.69) is 58.5 Å². The zero-order valence-corrected chi connectivity index (χ0v) is 13.5. The summed E-state index contributed by atoms with van der Waals surface area (Å²) >= 11 is 3.59. The Morgan fingerprint density at radius 1 is 1.10 bits per heavy atom. The number of rotatable bonds is 6. The fraction of sp³-hybridized carbons (Fsp3) is 0.294. The van der Waals surface area contributed by atoms with Gasteiger partial charge in [0.2, 0.25) is 0 Å². The number of hydrogen-bond donors (Lipinski definition) is 1. The second kappa shape index (κ2) is 7.34. The van der Waals surface area contributed by atoms with Crippen LogP contribution < -0.4 is 10.1 Å². The maximum Gasteiger partial charge on any atom is 0.119 e. The second-order valence-electron chi connectivity index (χ2n) is 4.72. The van der Waals surface area contributed by atoms with E-state index in [0.717, 1.165) is 29.6 Å². The van der Waals surface area contributed by atoms with Gasteiger partial charge in [-0.1, -0.05) is 47.5 Å². The molecule has 0 bridgehead atoms. The lowest BCUT2D eigenvalue weighted by Crippen LogP contribution is -2.03. The molecule has 0 amide bonds. The first-order valence-corrected chi connectivity index (χ1v) is 7.68. The van der Waals surface area contributed by atoms with E-state index in [0.29, 0.717) is 0 Å². The van der Waals surface area contributed by atoms with E-state index in [-0.39, 0.29) is 0 Å². The summed E-state index contributed by atoms with van der Waals surface area (Å²) in [4.78, 5) is 0. The number of para-hydroxylation sites is 1. The Bertz CT molecular complexity index is 569. The number of halogens is 1. The Kier molecular flexibility index (Phi) is 5.48. The predicted octanol–water partition coefficient (Wildman–Crippen LogP) is 5.02. The lowest BCUT2D eigenvalue weighted by Gasteiger charge is -2.13. The number of anilines is 1. The van der Waals surface area contributed by atoms with Gasteiger partial charge in [0.05, 0.1) is 7.11 Å². The van der Waals surface area contributed by atoms with Crippen molar-refractivity contribution in [2.45, 2.75) is 26.3 Å². The summed E-state index contributed by atoms with van der Waals surface area (Å²) in [6.07, 6.45) is 2.25. The fourth-order valence-electron chi connectivity index (χ4n) is 2.18. The molecule has 3 heteroatoms. The van der Waals surface area contributed by atoms with Crippen LogP contribution in [0.15, 0.2) is 46.9 Å². The molecule has 1 N–H and O–H groups in total. The van der Waals surface area contributed by atoms with Gasteiger partial charge in [-0.3, -0.25) is 0 Å². The van der Waals surface area contributed by atoms with Gasteiger partial charge in [-0.2, -0.15) is 0 Å². The number of ether oxygens (including phenoxy) is 1. The molecule has 2 nitrogen and oxygen atoms in total. The minimum atomic E-state index is 0.776. The van der Waals surface area contributed by atoms with Crippen molar-refractivity contribution in [2.24, 2.45) is 0 Å². The van der Waals surface area contributed by atoms with E-state index < -0.39 is 0 Å². The molecule has 0 atom stereocenters. The van der Waals surface area contributed by atoms with Crippen molar-refractivity contribution in [3.05, 3.63) is 58.1 Å². The van der Waals surface area contributed by atoms with Crippen LogP contribution in [0.1, 0.15) is 24.5 Å². The van der Waals surface area contributed by atoms with Crippen molar-refractivity contribution in [3.63, 3.8) is 0 Å². The van der Waals surface area contributed by atoms with Gasteiger partial charge in [0.15, 0.2) is 0 Å². The van der Waals surface area contributed by atoms with Crippen LogP contribution in [0.2, 0.25) is 0 Å². The van der Waals surface area contributed by atoms with Crippen LogP contribution in [0.3, 0.4) is 0 Å². The van der Waals surface area contributed by atoms with Crippen molar-refractivity contribution in [3.8, 4) is 5.75 Å². The summed E-state index contributed by atoms with van der Waals surface area (Å²) in [7, 11) is 1.69. The van der Waals surface area contributed by atoms with Crippen molar-refractivity contribution in [2.75, 3.05) is 12.4 Å². The highest BCUT2D eigenvalue weighted by atomic mass is 79.9. The Balaban J connectivity index is 2.12. The van der Waals surface area contributed by atoms with E-state index in [1.807, 2.05) is 12.1 Å². The van der Waals surface area contributed by atoms with Crippen LogP contribution >= 0.6 is 15.9 Å². The van der Waals surface area contributed by atoms with Gasteiger partial charge in [-0.05, 0) is 41.8 Å². The van der Waals surface area contributed by atoms with Crippen molar-refractivity contribution < 1.29 is 4.74 Å². The molecule has 0 heterocycles. The second-order valence-corrected chi connectivity index (χ2v) is 5.57. The predicted molar refractivity (Wildman–Crippen MR) is 88.5 cm³/mol. The topological polar surface area (TPSA) is 21.3 Å². The van der Waals surface area contributed by atoms with Crippen molar-refractivity contribution in [1.29, 1.82) is 0 Å². The number of benzene rings is 2. The van der Waals surface area contributed by atoms with Gasteiger partial charge in [-0.25, -0.2) is 0 Å². The summed E-state index contributed by atoms with van der Waals surface area (Å²) in [5.41, 5.74) is 3.77. The van der Waals surface area contributed by atoms with Crippen LogP contribution in [-0.4, -0.2) is 7.11 Å². The highest BCUT2D eigenvalue weighted by Crippen LogP contribution is 2.24. The maximum absolute atomic E-state index is 5.28. The van der Waals surface area contributed by atoms with Crippen molar-refractivity contribution >= 4 is 21.6 Å². The molecule has 0 saturated carbocycles. The van der Waals surface area contributed by atoms with E-state index in [1.54, 1.807) is 7.11 Å². The molecule has 0 aromatic heterocycles. The molecule has 106 valence electrons. The highest BCUT2D eigenvalue weighted by molar-refractivity contribution is 9.10. The van der Waals surface area contributed by atoms with Crippen LogP contribution in [0.25, 0.3) is 0 Å². The summed E-state index contributed by atoms with van der Waals surface area (Å²) in [5.74, 6) is 0.881. The molecule has 0 aliphatic carbocycles. The molecule has 2 rings (SSSR count). The molecule has 2 aromatic rings. The molecule has 0 spiro atoms. The van der Waals surface area contributed by atoms with E-state index in [9.17, 15) is 0 Å². The standard InChI is InChI=1S/C17H20BrNO/c1-3-6-13-7-4-5-8-17(13)19-12-14-11-15(20-2)9-10-16(14)18/h4-5,7-11,19H,3,6,12H2,1-2H3. The number of nitrogens with one attached hydrogen (secondary N) is 1. The average molecular weight is 334 g/mol. The maximum atomic E-state index is 5.28. The molecule has 2 aromatic carbocycles. The van der Waals surface area contributed by atoms with Gasteiger partial charge in [0.25, 0.3) is 0 Å². The van der Waals surface area contributed by atoms with E-state index >= 15 is 0 Å². The molecule has 20 heavy (non-hydrogen) atoms. The van der Waals surface area contributed by atoms with Gasteiger partial charge >= 0.3 is 0 Å². The molecule has 0 aliphatic heterocycles. The summed E-state index contributed by atoms with van der Waals surface area (Å²) in [6.45, 7) is 2.98. The first kappa shape index (κ1) is 14.9. The van der Waals surface area contributed by atoms with Crippen molar-refractivity contribution in [1.82, 2.24) is 0 Å². The zero-order valence-electron chi connectivity index (χ0n) is 11.9. The molecule has 0 saturated heterocycles. The lowest BCUT2D eigenvalue weighted by molar-refractivity contribution is 0.414. The first-order valence-electron chi connectivity index (χ1n) is 6.88. The third-order valence-electron chi connectivity index (χ3n) is 3.26. The minimum absolute atomic E-state index is 0.776. The number of aryl methyl sites for hydroxylation is 1. The summed E-state index contributed by atoms with van der Waals surface area (Å²) < 4.78 is 6.37. The third kappa shape index (κ3) is 3.76. The third-order valence-corrected chi connectivity index (χ3v) is 4.03. The Morgan fingerprint density at radius 3 is 2.65 bits per heavy atom. The Hall–Kier alpha value is -1.48. The molecule has 0 radical (unpaired) electrons. The summed E-state index contributed by atoms with van der Waals surface area (Å²) in [5, 5.41) is 3.52. The minimum Gasteiger partial charge on any atom is -0.497 e. The first-order chi connectivity index (χ1) is 9.74. The van der Waals surface area contributed by atoms with Crippen LogP contribution in [0.4, 0.5) is 5.69 Å². The molecule has 0 aliphatic rings. The quantitative estimate of drug-likeness (QED) is 0.801. The summed E-state index contributed by atoms with van der Waals surface area (Å²) in [6, 6.07) is 14.5. The van der Waals surface area contributed by atoms with Gasteiger partial charge < -0.3 is 10.1 Å². The molecular formula is C17H20BrNO. The Labute approximate surface area is 129 Å². The van der Waals surface area contributed by atoms with E-state index in [4.69, 9.17) is 4.74 Å². The molecule has 0 unspecified atom stereocenters. The van der Waals surface area contributed by atoms with Gasteiger partial charge in [0, 0.05) is 16.7 Å². The molecular weight excluding hydrogens is 314 g/mol. The van der Waals surface area contributed by atoms with Gasteiger partial charge in [0.1, 0.15) is 5.75 Å². The number of hydrogen-bond acceptors (Lipinski definition) is 2. The lowest BCUT2D eigenvalue weighted by atomic mass is 10.1. The zero-order chi connectivity index (χ0) is 14.4. The highest BCUT2D eigenvalue weighted by Gasteiger charge is 2.04.